The third-order valence-corrected chi connectivity index (χ3v) is 5.03. The highest BCUT2D eigenvalue weighted by Gasteiger charge is 2.44. The summed E-state index contributed by atoms with van der Waals surface area (Å²) < 4.78 is 0. The molecule has 3 rings (SSSR count). The van der Waals surface area contributed by atoms with Gasteiger partial charge in [-0.25, -0.2) is 5.84 Å². The summed E-state index contributed by atoms with van der Waals surface area (Å²) >= 11 is 6.11. The zero-order valence-corrected chi connectivity index (χ0v) is 13.1. The summed E-state index contributed by atoms with van der Waals surface area (Å²) in [5, 5.41) is 9.50. The van der Waals surface area contributed by atoms with Crippen LogP contribution < -0.4 is 16.5 Å². The first-order valence-electron chi connectivity index (χ1n) is 7.34. The molecule has 2 fully saturated rings. The molecule has 0 unspecified atom stereocenters. The van der Waals surface area contributed by atoms with Gasteiger partial charge >= 0.3 is 0 Å². The Morgan fingerprint density at radius 3 is 2.55 bits per heavy atom. The number of nitrogens with two attached hydrogens (primary N) is 2. The first-order chi connectivity index (χ1) is 10.4. The van der Waals surface area contributed by atoms with Gasteiger partial charge in [0, 0.05) is 59.6 Å². The number of hydrazine groups is 1. The maximum atomic E-state index is 11.7. The molecule has 1 amide bonds. The van der Waals surface area contributed by atoms with Crippen LogP contribution in [0.15, 0.2) is 12.1 Å². The SMILES string of the molecule is N=Cc1c(N)cc(Cl)cc1N1CCC2(CC1)CC(=O)N(N)C2. The minimum Gasteiger partial charge on any atom is -0.398 e. The van der Waals surface area contributed by atoms with Crippen molar-refractivity contribution in [1.82, 2.24) is 5.01 Å². The van der Waals surface area contributed by atoms with E-state index < -0.39 is 0 Å². The Morgan fingerprint density at radius 1 is 1.32 bits per heavy atom. The van der Waals surface area contributed by atoms with E-state index in [1.807, 2.05) is 6.07 Å². The highest BCUT2D eigenvalue weighted by Crippen LogP contribution is 2.42. The Labute approximate surface area is 134 Å². The monoisotopic (exact) mass is 321 g/mol. The third kappa shape index (κ3) is 2.53. The van der Waals surface area contributed by atoms with Gasteiger partial charge in [-0.15, -0.1) is 0 Å². The molecular formula is C15H20ClN5O. The molecule has 0 saturated carbocycles. The van der Waals surface area contributed by atoms with Gasteiger partial charge in [-0.2, -0.15) is 0 Å². The summed E-state index contributed by atoms with van der Waals surface area (Å²) in [6, 6.07) is 3.52. The molecule has 2 aliphatic rings. The van der Waals surface area contributed by atoms with Crippen LogP contribution in [0.1, 0.15) is 24.8 Å². The molecule has 0 atom stereocenters. The van der Waals surface area contributed by atoms with Gasteiger partial charge in [-0.3, -0.25) is 9.80 Å². The summed E-state index contributed by atoms with van der Waals surface area (Å²) in [4.78, 5) is 13.9. The fourth-order valence-electron chi connectivity index (χ4n) is 3.53. The van der Waals surface area contributed by atoms with E-state index in [0.29, 0.717) is 29.2 Å². The summed E-state index contributed by atoms with van der Waals surface area (Å²) in [5.41, 5.74) is 8.06. The Morgan fingerprint density at radius 2 is 2.00 bits per heavy atom. The van der Waals surface area contributed by atoms with Crippen LogP contribution in [0, 0.1) is 10.8 Å². The van der Waals surface area contributed by atoms with Crippen molar-refractivity contribution in [1.29, 1.82) is 5.41 Å². The molecule has 7 heteroatoms. The van der Waals surface area contributed by atoms with Crippen molar-refractivity contribution in [3.63, 3.8) is 0 Å². The highest BCUT2D eigenvalue weighted by atomic mass is 35.5. The second-order valence-electron chi connectivity index (χ2n) is 6.26. The molecule has 2 aliphatic heterocycles. The maximum Gasteiger partial charge on any atom is 0.237 e. The van der Waals surface area contributed by atoms with Crippen molar-refractivity contribution in [2.24, 2.45) is 11.3 Å². The molecule has 0 bridgehead atoms. The normalized spacial score (nSPS) is 20.7. The number of nitrogens with zero attached hydrogens (tertiary/aromatic N) is 2. The Kier molecular flexibility index (Phi) is 3.74. The van der Waals surface area contributed by atoms with Crippen LogP contribution >= 0.6 is 11.6 Å². The number of carbonyl (C=O) groups is 1. The lowest BCUT2D eigenvalue weighted by Gasteiger charge is -2.40. The first-order valence-corrected chi connectivity index (χ1v) is 7.71. The number of anilines is 2. The molecule has 0 aromatic heterocycles. The fraction of sp³-hybridized carbons (Fsp3) is 0.467. The third-order valence-electron chi connectivity index (χ3n) is 4.82. The Hall–Kier alpha value is -1.79. The smallest absolute Gasteiger partial charge is 0.237 e. The topological polar surface area (TPSA) is 99.4 Å². The van der Waals surface area contributed by atoms with Crippen LogP contribution in [0.4, 0.5) is 11.4 Å². The first kappa shape index (κ1) is 15.1. The second-order valence-corrected chi connectivity index (χ2v) is 6.69. The zero-order valence-electron chi connectivity index (χ0n) is 12.3. The molecule has 0 radical (unpaired) electrons. The van der Waals surface area contributed by atoms with Crippen molar-refractivity contribution in [2.75, 3.05) is 30.3 Å². The predicted molar refractivity (Wildman–Crippen MR) is 88.1 cm³/mol. The summed E-state index contributed by atoms with van der Waals surface area (Å²) in [5.74, 6) is 5.75. The number of halogens is 1. The van der Waals surface area contributed by atoms with Gasteiger partial charge in [-0.05, 0) is 25.0 Å². The molecule has 2 saturated heterocycles. The van der Waals surface area contributed by atoms with Gasteiger partial charge in [0.1, 0.15) is 0 Å². The maximum absolute atomic E-state index is 11.7. The highest BCUT2D eigenvalue weighted by molar-refractivity contribution is 6.31. The fourth-order valence-corrected chi connectivity index (χ4v) is 3.75. The number of hydrogen-bond donors (Lipinski definition) is 3. The van der Waals surface area contributed by atoms with E-state index in [9.17, 15) is 4.79 Å². The van der Waals surface area contributed by atoms with Crippen LogP contribution in [-0.4, -0.2) is 36.8 Å². The lowest BCUT2D eigenvalue weighted by molar-refractivity contribution is -0.128. The Bertz CT molecular complexity index is 625. The second kappa shape index (κ2) is 5.44. The lowest BCUT2D eigenvalue weighted by Crippen LogP contribution is -2.43. The van der Waals surface area contributed by atoms with E-state index in [-0.39, 0.29) is 11.3 Å². The predicted octanol–water partition coefficient (Wildman–Crippen LogP) is 1.61. The van der Waals surface area contributed by atoms with Crippen LogP contribution in [0.3, 0.4) is 0 Å². The molecule has 22 heavy (non-hydrogen) atoms. The average Bonchev–Trinajstić information content (AvgIpc) is 2.73. The summed E-state index contributed by atoms with van der Waals surface area (Å²) in [6.07, 6.45) is 3.60. The van der Waals surface area contributed by atoms with Crippen molar-refractivity contribution in [2.45, 2.75) is 19.3 Å². The van der Waals surface area contributed by atoms with Gasteiger partial charge in [0.05, 0.1) is 0 Å². The molecule has 1 spiro atoms. The van der Waals surface area contributed by atoms with Crippen LogP contribution in [0.5, 0.6) is 0 Å². The standard InChI is InChI=1S/C15H20ClN5O/c16-10-5-12(18)11(8-17)13(6-10)20-3-1-15(2-4-20)7-14(22)21(19)9-15/h5-6,8,17H,1-4,7,9,18-19H2. The van der Waals surface area contributed by atoms with E-state index in [1.165, 1.54) is 11.2 Å². The van der Waals surface area contributed by atoms with Gasteiger partial charge in [0.15, 0.2) is 0 Å². The number of hydrogen-bond acceptors (Lipinski definition) is 5. The van der Waals surface area contributed by atoms with Crippen LogP contribution in [0.25, 0.3) is 0 Å². The molecule has 118 valence electrons. The minimum absolute atomic E-state index is 0.00268. The van der Waals surface area contributed by atoms with E-state index in [4.69, 9.17) is 28.6 Å². The largest absolute Gasteiger partial charge is 0.398 e. The summed E-state index contributed by atoms with van der Waals surface area (Å²) in [7, 11) is 0. The Balaban J connectivity index is 1.80. The molecule has 5 N–H and O–H groups in total. The van der Waals surface area contributed by atoms with E-state index >= 15 is 0 Å². The van der Waals surface area contributed by atoms with Crippen molar-refractivity contribution in [3.05, 3.63) is 22.7 Å². The number of amides is 1. The number of carbonyl (C=O) groups excluding carboxylic acids is 1. The molecule has 6 nitrogen and oxygen atoms in total. The zero-order chi connectivity index (χ0) is 15.9. The van der Waals surface area contributed by atoms with E-state index in [0.717, 1.165) is 31.6 Å². The van der Waals surface area contributed by atoms with Crippen LogP contribution in [-0.2, 0) is 4.79 Å². The quantitative estimate of drug-likeness (QED) is 0.333. The molecule has 0 aliphatic carbocycles. The molecule has 1 aromatic carbocycles. The van der Waals surface area contributed by atoms with Crippen molar-refractivity contribution >= 4 is 35.1 Å². The van der Waals surface area contributed by atoms with E-state index in [2.05, 4.69) is 4.90 Å². The van der Waals surface area contributed by atoms with Crippen molar-refractivity contribution in [3.8, 4) is 0 Å². The number of benzene rings is 1. The van der Waals surface area contributed by atoms with Gasteiger partial charge in [0.25, 0.3) is 0 Å². The average molecular weight is 322 g/mol. The van der Waals surface area contributed by atoms with Crippen molar-refractivity contribution < 1.29 is 4.79 Å². The molecule has 1 aromatic rings. The van der Waals surface area contributed by atoms with Gasteiger partial charge < -0.3 is 16.0 Å². The van der Waals surface area contributed by atoms with Gasteiger partial charge in [-0.1, -0.05) is 11.6 Å². The summed E-state index contributed by atoms with van der Waals surface area (Å²) in [6.45, 7) is 2.25. The lowest BCUT2D eigenvalue weighted by atomic mass is 9.77. The van der Waals surface area contributed by atoms with Gasteiger partial charge in [0.2, 0.25) is 5.91 Å². The molecule has 2 heterocycles. The number of nitrogen functional groups attached to an aromatic ring is 1. The number of piperidine rings is 1. The van der Waals surface area contributed by atoms with E-state index in [1.54, 1.807) is 6.07 Å². The number of rotatable bonds is 2. The van der Waals surface area contributed by atoms with Crippen LogP contribution in [0.2, 0.25) is 5.02 Å². The molecular weight excluding hydrogens is 302 g/mol. The number of nitrogens with one attached hydrogen (secondary N) is 1. The minimum atomic E-state index is -0.00268.